The molecule has 0 fully saturated rings. The highest BCUT2D eigenvalue weighted by molar-refractivity contribution is 7.25. The number of fused-ring (bicyclic) bond motifs is 9. The molecule has 12 rings (SSSR count). The van der Waals surface area contributed by atoms with Gasteiger partial charge < -0.3 is 4.74 Å². The van der Waals surface area contributed by atoms with Gasteiger partial charge in [-0.25, -0.2) is 0 Å². The van der Waals surface area contributed by atoms with Gasteiger partial charge in [0.25, 0.3) is 11.3 Å². The van der Waals surface area contributed by atoms with E-state index in [4.69, 9.17) is 9.84 Å². The van der Waals surface area contributed by atoms with Gasteiger partial charge in [0.05, 0.1) is 16.7 Å². The first-order chi connectivity index (χ1) is 22.7. The van der Waals surface area contributed by atoms with Gasteiger partial charge in [-0.2, -0.15) is 9.13 Å². The van der Waals surface area contributed by atoms with Gasteiger partial charge >= 0.3 is 5.66 Å². The number of nitrogens with zero attached hydrogens (tertiary/aromatic N) is 5. The number of aromatic nitrogens is 5. The van der Waals surface area contributed by atoms with Crippen LogP contribution in [0.1, 0.15) is 16.8 Å². The van der Waals surface area contributed by atoms with Crippen LogP contribution in [0.2, 0.25) is 0 Å². The molecule has 0 aliphatic carbocycles. The standard InChI is InChI=1S/C39H23N5OS/c1-22-37(23-18-19-26-25-10-3-5-17-33(25)46-34(26)21-23)40-44-30-14-7-16-32-36(30)39(43(22)44)35-29(13-6-15-31(35)45-32)42-28-12-4-2-9-24(28)27-11-8-20-41(39)38(27)42/h2-21H,1H3/q+2. The van der Waals surface area contributed by atoms with Crippen molar-refractivity contribution in [2.75, 3.05) is 0 Å². The van der Waals surface area contributed by atoms with E-state index in [-0.39, 0.29) is 0 Å². The van der Waals surface area contributed by atoms with Gasteiger partial charge in [0, 0.05) is 38.0 Å². The summed E-state index contributed by atoms with van der Waals surface area (Å²) in [4.78, 5) is 2.12. The zero-order chi connectivity index (χ0) is 29.9. The molecule has 5 aromatic carbocycles. The third-order valence-electron chi connectivity index (χ3n) is 10.3. The largest absolute Gasteiger partial charge is 0.456 e. The first kappa shape index (κ1) is 23.6. The van der Waals surface area contributed by atoms with E-state index < -0.39 is 5.66 Å². The summed E-state index contributed by atoms with van der Waals surface area (Å²) < 4.78 is 16.6. The minimum Gasteiger partial charge on any atom is -0.456 e. The fraction of sp³-hybridized carbons (Fsp3) is 0.0513. The second-order valence-electron chi connectivity index (χ2n) is 12.5. The highest BCUT2D eigenvalue weighted by Crippen LogP contribution is 2.54. The van der Waals surface area contributed by atoms with Gasteiger partial charge in [-0.3, -0.25) is 0 Å². The average molecular weight is 610 g/mol. The molecule has 0 bridgehead atoms. The van der Waals surface area contributed by atoms with Crippen molar-refractivity contribution >= 4 is 53.4 Å². The third kappa shape index (κ3) is 2.44. The predicted octanol–water partition coefficient (Wildman–Crippen LogP) is 7.92. The van der Waals surface area contributed by atoms with Crippen molar-refractivity contribution in [2.24, 2.45) is 0 Å². The van der Waals surface area contributed by atoms with Crippen molar-refractivity contribution in [3.8, 4) is 34.1 Å². The molecule has 46 heavy (non-hydrogen) atoms. The highest BCUT2D eigenvalue weighted by Gasteiger charge is 2.67. The molecule has 7 heterocycles. The van der Waals surface area contributed by atoms with Crippen LogP contribution in [0, 0.1) is 6.92 Å². The Morgan fingerprint density at radius 1 is 0.696 bits per heavy atom. The van der Waals surface area contributed by atoms with Gasteiger partial charge in [0.2, 0.25) is 0 Å². The maximum atomic E-state index is 6.76. The number of pyridine rings is 1. The lowest BCUT2D eigenvalue weighted by Crippen LogP contribution is -2.77. The Balaban J connectivity index is 1.24. The summed E-state index contributed by atoms with van der Waals surface area (Å²) in [5.41, 5.74) is 9.20. The van der Waals surface area contributed by atoms with E-state index in [0.29, 0.717) is 0 Å². The number of thiophene rings is 1. The molecule has 0 amide bonds. The molecule has 1 atom stereocenters. The third-order valence-corrected chi connectivity index (χ3v) is 11.5. The van der Waals surface area contributed by atoms with Crippen molar-refractivity contribution in [3.05, 3.63) is 138 Å². The maximum Gasteiger partial charge on any atom is 0.338 e. The van der Waals surface area contributed by atoms with Crippen LogP contribution in [0.25, 0.3) is 64.7 Å². The van der Waals surface area contributed by atoms with Crippen LogP contribution in [0.3, 0.4) is 0 Å². The van der Waals surface area contributed by atoms with E-state index in [0.717, 1.165) is 56.6 Å². The second kappa shape index (κ2) is 7.70. The van der Waals surface area contributed by atoms with E-state index >= 15 is 0 Å². The molecule has 3 aliphatic rings. The van der Waals surface area contributed by atoms with Gasteiger partial charge in [-0.15, -0.1) is 11.3 Å². The topological polar surface area (TPSA) is 39.7 Å². The summed E-state index contributed by atoms with van der Waals surface area (Å²) in [6, 6.07) is 41.4. The summed E-state index contributed by atoms with van der Waals surface area (Å²) in [5.74, 6) is 1.73. The zero-order valence-corrected chi connectivity index (χ0v) is 25.4. The van der Waals surface area contributed by atoms with E-state index in [1.165, 1.54) is 36.5 Å². The Kier molecular flexibility index (Phi) is 3.95. The predicted molar refractivity (Wildman–Crippen MR) is 179 cm³/mol. The molecule has 7 heteroatoms. The van der Waals surface area contributed by atoms with E-state index in [2.05, 4.69) is 147 Å². The number of ether oxygens (including phenoxy) is 1. The molecule has 3 aliphatic heterocycles. The lowest BCUT2D eigenvalue weighted by Gasteiger charge is -2.35. The Bertz CT molecular complexity index is 2870. The molecule has 4 aromatic heterocycles. The van der Waals surface area contributed by atoms with Crippen LogP contribution < -0.4 is 14.0 Å². The normalized spacial score (nSPS) is 16.6. The van der Waals surface area contributed by atoms with Crippen molar-refractivity contribution in [3.63, 3.8) is 0 Å². The molecule has 214 valence electrons. The number of benzene rings is 5. The van der Waals surface area contributed by atoms with E-state index in [1.54, 1.807) is 0 Å². The molecule has 0 saturated heterocycles. The van der Waals surface area contributed by atoms with Gasteiger partial charge in [-0.05, 0) is 71.5 Å². The lowest BCUT2D eigenvalue weighted by atomic mass is 9.84. The first-order valence-corrected chi connectivity index (χ1v) is 16.4. The monoisotopic (exact) mass is 609 g/mol. The Labute approximate surface area is 266 Å². The van der Waals surface area contributed by atoms with Crippen molar-refractivity contribution in [2.45, 2.75) is 12.6 Å². The fourth-order valence-electron chi connectivity index (χ4n) is 8.65. The lowest BCUT2D eigenvalue weighted by molar-refractivity contribution is -0.991. The average Bonchev–Trinajstić information content (AvgIpc) is 3.82. The van der Waals surface area contributed by atoms with Crippen LogP contribution >= 0.6 is 11.3 Å². The van der Waals surface area contributed by atoms with Crippen LogP contribution in [0.5, 0.6) is 11.5 Å². The zero-order valence-electron chi connectivity index (χ0n) is 24.6. The molecule has 9 aromatic rings. The smallest absolute Gasteiger partial charge is 0.338 e. The summed E-state index contributed by atoms with van der Waals surface area (Å²) in [7, 11) is 0. The van der Waals surface area contributed by atoms with Crippen molar-refractivity contribution in [1.29, 1.82) is 0 Å². The molecule has 1 unspecified atom stereocenters. The van der Waals surface area contributed by atoms with Gasteiger partial charge in [0.1, 0.15) is 39.5 Å². The second-order valence-corrected chi connectivity index (χ2v) is 13.6. The highest BCUT2D eigenvalue weighted by atomic mass is 32.1. The Morgan fingerprint density at radius 3 is 2.33 bits per heavy atom. The van der Waals surface area contributed by atoms with Crippen LogP contribution in [-0.4, -0.2) is 14.5 Å². The van der Waals surface area contributed by atoms with Crippen LogP contribution in [0.4, 0.5) is 0 Å². The molecule has 0 radical (unpaired) electrons. The van der Waals surface area contributed by atoms with E-state index in [9.17, 15) is 0 Å². The first-order valence-electron chi connectivity index (χ1n) is 15.6. The fourth-order valence-corrected chi connectivity index (χ4v) is 9.80. The van der Waals surface area contributed by atoms with Gasteiger partial charge in [-0.1, -0.05) is 53.2 Å². The summed E-state index contributed by atoms with van der Waals surface area (Å²) in [5, 5.41) is 10.5. The number of para-hydroxylation sites is 1. The van der Waals surface area contributed by atoms with Gasteiger partial charge in [0.15, 0.2) is 5.69 Å². The SMILES string of the molecule is Cc1c(-c2ccc3c(c2)sc2ccccc23)nn2[n+]1C13c4c(cccc4-n4c5ccccc5c5ccc[n+]1c54)Oc1cccc-2c13. The summed E-state index contributed by atoms with van der Waals surface area (Å²) in [6.45, 7) is 2.22. The number of hydrogen-bond acceptors (Lipinski definition) is 3. The minimum atomic E-state index is -0.739. The Hall–Kier alpha value is -5.79. The van der Waals surface area contributed by atoms with Crippen LogP contribution in [0.15, 0.2) is 121 Å². The number of rotatable bonds is 1. The molecule has 1 spiro atoms. The van der Waals surface area contributed by atoms with E-state index in [1.807, 2.05) is 11.3 Å². The number of hydrogen-bond donors (Lipinski definition) is 0. The maximum absolute atomic E-state index is 6.76. The quantitative estimate of drug-likeness (QED) is 0.178. The molecule has 6 nitrogen and oxygen atoms in total. The molecule has 0 saturated carbocycles. The minimum absolute atomic E-state index is 0.739. The summed E-state index contributed by atoms with van der Waals surface area (Å²) >= 11 is 1.84. The molecule has 0 N–H and O–H groups in total. The Morgan fingerprint density at radius 2 is 1.43 bits per heavy atom. The van der Waals surface area contributed by atoms with Crippen LogP contribution in [-0.2, 0) is 5.66 Å². The van der Waals surface area contributed by atoms with Crippen molar-refractivity contribution < 1.29 is 14.0 Å². The molecular weight excluding hydrogens is 587 g/mol. The molecular formula is C39H23N5OS+2. The summed E-state index contributed by atoms with van der Waals surface area (Å²) in [6.07, 6.45) is 2.24. The van der Waals surface area contributed by atoms with Crippen molar-refractivity contribution in [1.82, 2.24) is 14.5 Å².